The molecule has 0 radical (unpaired) electrons. The molecule has 0 aliphatic heterocycles. The molecule has 0 spiro atoms. The average Bonchev–Trinajstić information content (AvgIpc) is 3.19. The zero-order chi connectivity index (χ0) is 17.8. The van der Waals surface area contributed by atoms with Crippen molar-refractivity contribution in [3.63, 3.8) is 0 Å². The Morgan fingerprint density at radius 1 is 0.962 bits per heavy atom. The van der Waals surface area contributed by atoms with E-state index in [0.717, 1.165) is 27.6 Å². The first-order chi connectivity index (χ1) is 12.8. The molecular formula is C23H18N2O. The number of aromatic nitrogens is 2. The van der Waals surface area contributed by atoms with E-state index in [1.165, 1.54) is 0 Å². The third-order valence-corrected chi connectivity index (χ3v) is 4.31. The predicted octanol–water partition coefficient (Wildman–Crippen LogP) is 4.38. The van der Waals surface area contributed by atoms with Gasteiger partial charge in [-0.2, -0.15) is 0 Å². The first-order valence-corrected chi connectivity index (χ1v) is 8.54. The van der Waals surface area contributed by atoms with Gasteiger partial charge >= 0.3 is 0 Å². The van der Waals surface area contributed by atoms with Crippen LogP contribution in [0.15, 0.2) is 79.3 Å². The molecule has 0 aliphatic carbocycles. The van der Waals surface area contributed by atoms with Crippen LogP contribution in [0.5, 0.6) is 5.75 Å². The molecule has 3 heteroatoms. The van der Waals surface area contributed by atoms with E-state index in [1.54, 1.807) is 6.20 Å². The van der Waals surface area contributed by atoms with E-state index in [9.17, 15) is 5.11 Å². The van der Waals surface area contributed by atoms with Crippen molar-refractivity contribution < 1.29 is 5.11 Å². The normalized spacial score (nSPS) is 10.5. The number of benzene rings is 2. The molecule has 26 heavy (non-hydrogen) atoms. The Morgan fingerprint density at radius 2 is 1.77 bits per heavy atom. The van der Waals surface area contributed by atoms with E-state index in [4.69, 9.17) is 0 Å². The third-order valence-electron chi connectivity index (χ3n) is 4.31. The Kier molecular flexibility index (Phi) is 4.40. The van der Waals surface area contributed by atoms with E-state index in [1.807, 2.05) is 77.6 Å². The molecule has 0 aliphatic rings. The highest BCUT2D eigenvalue weighted by Gasteiger charge is 2.09. The van der Waals surface area contributed by atoms with Crippen molar-refractivity contribution in [2.75, 3.05) is 0 Å². The minimum Gasteiger partial charge on any atom is -0.507 e. The van der Waals surface area contributed by atoms with Crippen molar-refractivity contribution in [1.29, 1.82) is 0 Å². The van der Waals surface area contributed by atoms with Crippen molar-refractivity contribution >= 4 is 10.9 Å². The summed E-state index contributed by atoms with van der Waals surface area (Å²) in [6, 6.07) is 19.8. The molecule has 0 saturated carbocycles. The van der Waals surface area contributed by atoms with Crippen molar-refractivity contribution in [2.45, 2.75) is 13.0 Å². The summed E-state index contributed by atoms with van der Waals surface area (Å²) in [7, 11) is 0. The number of nitrogens with zero attached hydrogens (tertiary/aromatic N) is 2. The fraction of sp³-hybridized carbons (Fsp3) is 0.0870. The summed E-state index contributed by atoms with van der Waals surface area (Å²) in [5.74, 6) is 6.60. The summed E-state index contributed by atoms with van der Waals surface area (Å²) in [5, 5.41) is 11.5. The predicted molar refractivity (Wildman–Crippen MR) is 104 cm³/mol. The number of pyridine rings is 1. The summed E-state index contributed by atoms with van der Waals surface area (Å²) >= 11 is 0. The summed E-state index contributed by atoms with van der Waals surface area (Å²) < 4.78 is 2.02. The molecule has 126 valence electrons. The van der Waals surface area contributed by atoms with Crippen LogP contribution in [0.2, 0.25) is 0 Å². The molecule has 1 N–H and O–H groups in total. The lowest BCUT2D eigenvalue weighted by molar-refractivity contribution is 0.475. The highest BCUT2D eigenvalue weighted by Crippen LogP contribution is 2.29. The molecule has 0 fully saturated rings. The average molecular weight is 338 g/mol. The van der Waals surface area contributed by atoms with E-state index in [-0.39, 0.29) is 5.75 Å². The molecule has 3 nitrogen and oxygen atoms in total. The van der Waals surface area contributed by atoms with E-state index < -0.39 is 0 Å². The van der Waals surface area contributed by atoms with Gasteiger partial charge in [0.05, 0.1) is 12.1 Å². The molecule has 2 aromatic heterocycles. The first-order valence-electron chi connectivity index (χ1n) is 8.54. The Labute approximate surface area is 152 Å². The molecule has 0 unspecified atom stereocenters. The van der Waals surface area contributed by atoms with Gasteiger partial charge in [0.15, 0.2) is 0 Å². The second kappa shape index (κ2) is 7.16. The van der Waals surface area contributed by atoms with Gasteiger partial charge in [-0.25, -0.2) is 0 Å². The Hall–Kier alpha value is -3.51. The highest BCUT2D eigenvalue weighted by molar-refractivity contribution is 5.87. The highest BCUT2D eigenvalue weighted by atomic mass is 16.3. The number of aromatic hydroxyl groups is 1. The van der Waals surface area contributed by atoms with E-state index in [0.29, 0.717) is 13.0 Å². The maximum absolute atomic E-state index is 10.7. The summed E-state index contributed by atoms with van der Waals surface area (Å²) in [6.45, 7) is 0.642. The lowest BCUT2D eigenvalue weighted by Gasteiger charge is -2.08. The van der Waals surface area contributed by atoms with Crippen LogP contribution in [0.1, 0.15) is 16.7 Å². The summed E-state index contributed by atoms with van der Waals surface area (Å²) in [5.41, 5.74) is 3.61. The van der Waals surface area contributed by atoms with Crippen LogP contribution in [-0.4, -0.2) is 14.7 Å². The number of fused-ring (bicyclic) bond motifs is 1. The zero-order valence-electron chi connectivity index (χ0n) is 14.3. The standard InChI is InChI=1S/C23H18N2O/c26-23-20(15-18-7-2-1-3-8-18)17-24-22-11-10-19(16-21(22)23)9-6-14-25-12-4-5-13-25/h1-5,7-8,10-13,16-17H,14-15H2,(H,24,26). The Bertz CT molecular complexity index is 1090. The lowest BCUT2D eigenvalue weighted by atomic mass is 10.0. The maximum Gasteiger partial charge on any atom is 0.130 e. The van der Waals surface area contributed by atoms with Crippen molar-refractivity contribution in [3.05, 3.63) is 95.9 Å². The fourth-order valence-electron chi connectivity index (χ4n) is 2.95. The van der Waals surface area contributed by atoms with Gasteiger partial charge in [0.2, 0.25) is 0 Å². The quantitative estimate of drug-likeness (QED) is 0.563. The zero-order valence-corrected chi connectivity index (χ0v) is 14.3. The smallest absolute Gasteiger partial charge is 0.130 e. The van der Waals surface area contributed by atoms with Gasteiger partial charge in [0.25, 0.3) is 0 Å². The molecule has 4 aromatic rings. The van der Waals surface area contributed by atoms with E-state index in [2.05, 4.69) is 16.8 Å². The molecule has 2 aromatic carbocycles. The number of rotatable bonds is 3. The summed E-state index contributed by atoms with van der Waals surface area (Å²) in [4.78, 5) is 4.49. The molecule has 0 amide bonds. The molecule has 0 saturated heterocycles. The monoisotopic (exact) mass is 338 g/mol. The first kappa shape index (κ1) is 16.0. The van der Waals surface area contributed by atoms with Gasteiger partial charge < -0.3 is 9.67 Å². The van der Waals surface area contributed by atoms with Gasteiger partial charge in [-0.05, 0) is 35.9 Å². The fourth-order valence-corrected chi connectivity index (χ4v) is 2.95. The van der Waals surface area contributed by atoms with Crippen LogP contribution >= 0.6 is 0 Å². The van der Waals surface area contributed by atoms with Crippen molar-refractivity contribution in [2.24, 2.45) is 0 Å². The van der Waals surface area contributed by atoms with Crippen LogP contribution in [0.25, 0.3) is 10.9 Å². The second-order valence-corrected chi connectivity index (χ2v) is 6.18. The van der Waals surface area contributed by atoms with Gasteiger partial charge in [-0.15, -0.1) is 0 Å². The van der Waals surface area contributed by atoms with Crippen molar-refractivity contribution in [1.82, 2.24) is 9.55 Å². The third kappa shape index (κ3) is 3.45. The van der Waals surface area contributed by atoms with Crippen LogP contribution < -0.4 is 0 Å². The van der Waals surface area contributed by atoms with Gasteiger partial charge in [0, 0.05) is 41.5 Å². The van der Waals surface area contributed by atoms with E-state index >= 15 is 0 Å². The van der Waals surface area contributed by atoms with Gasteiger partial charge in [-0.1, -0.05) is 42.2 Å². The van der Waals surface area contributed by atoms with Gasteiger partial charge in [0.1, 0.15) is 5.75 Å². The van der Waals surface area contributed by atoms with Crippen LogP contribution in [0.3, 0.4) is 0 Å². The lowest BCUT2D eigenvalue weighted by Crippen LogP contribution is -1.92. The molecular weight excluding hydrogens is 320 g/mol. The molecule has 4 rings (SSSR count). The van der Waals surface area contributed by atoms with Crippen LogP contribution in [0, 0.1) is 11.8 Å². The summed E-state index contributed by atoms with van der Waals surface area (Å²) in [6.07, 6.45) is 6.38. The van der Waals surface area contributed by atoms with Crippen LogP contribution in [0.4, 0.5) is 0 Å². The maximum atomic E-state index is 10.7. The topological polar surface area (TPSA) is 38.1 Å². The van der Waals surface area contributed by atoms with Crippen molar-refractivity contribution in [3.8, 4) is 17.6 Å². The minimum atomic E-state index is 0.285. The molecule has 0 atom stereocenters. The van der Waals surface area contributed by atoms with Gasteiger partial charge in [-0.3, -0.25) is 4.98 Å². The van der Waals surface area contributed by atoms with Crippen LogP contribution in [-0.2, 0) is 13.0 Å². The second-order valence-electron chi connectivity index (χ2n) is 6.18. The SMILES string of the molecule is Oc1c(Cc2ccccc2)cnc2ccc(C#CCn3cccc3)cc12. The molecule has 0 bridgehead atoms. The number of hydrogen-bond acceptors (Lipinski definition) is 2. The minimum absolute atomic E-state index is 0.285. The Balaban J connectivity index is 1.64. The molecule has 2 heterocycles. The number of hydrogen-bond donors (Lipinski definition) is 1. The largest absolute Gasteiger partial charge is 0.507 e. The Morgan fingerprint density at radius 3 is 2.58 bits per heavy atom.